The zero-order chi connectivity index (χ0) is 35.8. The van der Waals surface area contributed by atoms with Crippen molar-refractivity contribution in [1.82, 2.24) is 9.97 Å². The van der Waals surface area contributed by atoms with E-state index in [1.54, 1.807) is 24.5 Å². The average molecular weight is 675 g/mol. The van der Waals surface area contributed by atoms with Crippen LogP contribution in [0, 0.1) is 22.7 Å². The molecule has 1 aliphatic rings. The lowest BCUT2D eigenvalue weighted by atomic mass is 9.67. The van der Waals surface area contributed by atoms with Crippen LogP contribution < -0.4 is 0 Å². The number of aromatic nitrogens is 2. The van der Waals surface area contributed by atoms with Crippen LogP contribution in [0.15, 0.2) is 182 Å². The summed E-state index contributed by atoms with van der Waals surface area (Å²) in [6.07, 6.45) is 3.36. The maximum Gasteiger partial charge on any atom is 0.0992 e. The Bertz CT molecular complexity index is 2530. The van der Waals surface area contributed by atoms with E-state index in [1.165, 1.54) is 33.4 Å². The first kappa shape index (κ1) is 31.6. The number of nitriles is 2. The molecule has 0 aliphatic heterocycles. The summed E-state index contributed by atoms with van der Waals surface area (Å²) in [7, 11) is 0. The fourth-order valence-electron chi connectivity index (χ4n) is 7.84. The molecule has 0 N–H and O–H groups in total. The molecule has 4 heteroatoms. The third-order valence-electron chi connectivity index (χ3n) is 10.4. The topological polar surface area (TPSA) is 73.4 Å². The molecule has 0 saturated carbocycles. The molecule has 0 saturated heterocycles. The van der Waals surface area contributed by atoms with Gasteiger partial charge in [-0.2, -0.15) is 10.5 Å². The van der Waals surface area contributed by atoms with Crippen molar-refractivity contribution in [3.63, 3.8) is 0 Å². The van der Waals surface area contributed by atoms with Crippen LogP contribution in [0.4, 0.5) is 0 Å². The van der Waals surface area contributed by atoms with Gasteiger partial charge in [0.1, 0.15) is 0 Å². The Morgan fingerprint density at radius 1 is 0.377 bits per heavy atom. The molecule has 1 aliphatic carbocycles. The first-order chi connectivity index (χ1) is 26.1. The van der Waals surface area contributed by atoms with Crippen LogP contribution in [0.5, 0.6) is 0 Å². The Labute approximate surface area is 308 Å². The molecule has 0 amide bonds. The Morgan fingerprint density at radius 3 is 1.15 bits per heavy atom. The minimum atomic E-state index is -0.507. The highest BCUT2D eigenvalue weighted by molar-refractivity contribution is 5.91. The predicted molar refractivity (Wildman–Crippen MR) is 211 cm³/mol. The fraction of sp³-hybridized carbons (Fsp3) is 0.0204. The Balaban J connectivity index is 1.20. The second-order valence-corrected chi connectivity index (χ2v) is 13.2. The van der Waals surface area contributed by atoms with Gasteiger partial charge in [-0.1, -0.05) is 133 Å². The minimum absolute atomic E-state index is 0.507. The number of fused-ring (bicyclic) bond motifs is 3. The second kappa shape index (κ2) is 13.1. The van der Waals surface area contributed by atoms with E-state index < -0.39 is 5.41 Å². The van der Waals surface area contributed by atoms with Gasteiger partial charge >= 0.3 is 0 Å². The second-order valence-electron chi connectivity index (χ2n) is 13.2. The van der Waals surface area contributed by atoms with Gasteiger partial charge in [0.2, 0.25) is 0 Å². The molecule has 0 radical (unpaired) electrons. The predicted octanol–water partition coefficient (Wildman–Crippen LogP) is 11.3. The normalized spacial score (nSPS) is 12.3. The maximum absolute atomic E-state index is 9.39. The van der Waals surface area contributed by atoms with Gasteiger partial charge in [-0.25, -0.2) is 0 Å². The van der Waals surface area contributed by atoms with Crippen LogP contribution in [0.1, 0.15) is 33.4 Å². The van der Waals surface area contributed by atoms with Gasteiger partial charge in [0.05, 0.1) is 40.1 Å². The number of nitrogens with zero attached hydrogens (tertiary/aromatic N) is 4. The number of hydrogen-bond donors (Lipinski definition) is 0. The Kier molecular flexibility index (Phi) is 7.77. The molecule has 246 valence electrons. The van der Waals surface area contributed by atoms with Crippen molar-refractivity contribution in [2.75, 3.05) is 0 Å². The van der Waals surface area contributed by atoms with Gasteiger partial charge in [-0.3, -0.25) is 9.97 Å². The van der Waals surface area contributed by atoms with Gasteiger partial charge in [-0.15, -0.1) is 0 Å². The average Bonchev–Trinajstić information content (AvgIpc) is 3.54. The third kappa shape index (κ3) is 5.38. The van der Waals surface area contributed by atoms with E-state index in [4.69, 9.17) is 0 Å². The van der Waals surface area contributed by atoms with Crippen molar-refractivity contribution in [2.45, 2.75) is 5.41 Å². The van der Waals surface area contributed by atoms with Gasteiger partial charge in [0, 0.05) is 23.5 Å². The van der Waals surface area contributed by atoms with E-state index in [1.807, 2.05) is 12.1 Å². The molecule has 6 aromatic carbocycles. The fourth-order valence-corrected chi connectivity index (χ4v) is 7.84. The largest absolute Gasteiger partial charge is 0.256 e. The smallest absolute Gasteiger partial charge is 0.0992 e. The molecule has 2 aromatic heterocycles. The lowest BCUT2D eigenvalue weighted by molar-refractivity contribution is 0.768. The summed E-state index contributed by atoms with van der Waals surface area (Å²) in [5.41, 5.74) is 16.0. The third-order valence-corrected chi connectivity index (χ3v) is 10.4. The molecule has 0 fully saturated rings. The minimum Gasteiger partial charge on any atom is -0.256 e. The summed E-state index contributed by atoms with van der Waals surface area (Å²) in [5.74, 6) is 0. The zero-order valence-corrected chi connectivity index (χ0v) is 28.6. The van der Waals surface area contributed by atoms with Crippen molar-refractivity contribution in [2.24, 2.45) is 0 Å². The number of rotatable bonds is 6. The number of benzene rings is 6. The summed E-state index contributed by atoms with van der Waals surface area (Å²) in [6, 6.07) is 63.8. The molecular weight excluding hydrogens is 645 g/mol. The molecule has 53 heavy (non-hydrogen) atoms. The number of pyridine rings is 2. The van der Waals surface area contributed by atoms with Crippen molar-refractivity contribution in [3.05, 3.63) is 216 Å². The molecule has 0 bridgehead atoms. The van der Waals surface area contributed by atoms with Crippen LogP contribution in [0.2, 0.25) is 0 Å². The number of hydrogen-bond acceptors (Lipinski definition) is 4. The first-order valence-corrected chi connectivity index (χ1v) is 17.5. The monoisotopic (exact) mass is 674 g/mol. The summed E-state index contributed by atoms with van der Waals surface area (Å²) >= 11 is 0. The van der Waals surface area contributed by atoms with E-state index in [-0.39, 0.29) is 0 Å². The molecule has 0 atom stereocenters. The lowest BCUT2D eigenvalue weighted by Crippen LogP contribution is -2.28. The Hall–Kier alpha value is -7.40. The van der Waals surface area contributed by atoms with E-state index in [0.29, 0.717) is 11.1 Å². The van der Waals surface area contributed by atoms with E-state index in [0.717, 1.165) is 44.8 Å². The highest BCUT2D eigenvalue weighted by Gasteiger charge is 2.46. The standard InChI is InChI=1S/C49H30N4/c50-31-33-23-25-52-47(27-33)37-15-11-35(12-16-37)39-19-21-45-43(29-39)44-30-40(36-13-17-38(18-14-36)48-28-34(32-51)24-26-53-48)20-22-46(44)49(45,41-7-3-1-4-8-41)42-9-5-2-6-10-42/h1-30H. The lowest BCUT2D eigenvalue weighted by Gasteiger charge is -2.34. The van der Waals surface area contributed by atoms with Crippen molar-refractivity contribution in [1.29, 1.82) is 10.5 Å². The molecule has 4 nitrogen and oxygen atoms in total. The van der Waals surface area contributed by atoms with Crippen molar-refractivity contribution >= 4 is 0 Å². The molecule has 8 aromatic rings. The van der Waals surface area contributed by atoms with Gasteiger partial charge in [-0.05, 0) is 92.0 Å². The molecule has 9 rings (SSSR count). The van der Waals surface area contributed by atoms with Crippen LogP contribution in [0.3, 0.4) is 0 Å². The maximum atomic E-state index is 9.39. The van der Waals surface area contributed by atoms with E-state index in [2.05, 4.69) is 168 Å². The van der Waals surface area contributed by atoms with Gasteiger partial charge < -0.3 is 0 Å². The van der Waals surface area contributed by atoms with Crippen LogP contribution in [0.25, 0.3) is 55.9 Å². The van der Waals surface area contributed by atoms with E-state index in [9.17, 15) is 10.5 Å². The van der Waals surface area contributed by atoms with E-state index >= 15 is 0 Å². The van der Waals surface area contributed by atoms with Gasteiger partial charge in [0.25, 0.3) is 0 Å². The summed E-state index contributed by atoms with van der Waals surface area (Å²) in [6.45, 7) is 0. The summed E-state index contributed by atoms with van der Waals surface area (Å²) in [5, 5.41) is 18.8. The van der Waals surface area contributed by atoms with Crippen LogP contribution >= 0.6 is 0 Å². The zero-order valence-electron chi connectivity index (χ0n) is 28.6. The highest BCUT2D eigenvalue weighted by Crippen LogP contribution is 2.57. The summed E-state index contributed by atoms with van der Waals surface area (Å²) in [4.78, 5) is 9.00. The SMILES string of the molecule is N#Cc1ccnc(-c2ccc(-c3ccc4c(c3)-c3cc(-c5ccc(-c6cc(C#N)ccn6)cc5)ccc3C4(c3ccccc3)c3ccccc3)cc2)c1. The molecule has 0 spiro atoms. The Morgan fingerprint density at radius 2 is 0.755 bits per heavy atom. The highest BCUT2D eigenvalue weighted by atomic mass is 14.7. The quantitative estimate of drug-likeness (QED) is 0.176. The van der Waals surface area contributed by atoms with Crippen LogP contribution in [-0.2, 0) is 5.41 Å². The molecule has 2 heterocycles. The first-order valence-electron chi connectivity index (χ1n) is 17.5. The molecular formula is C49H30N4. The van der Waals surface area contributed by atoms with Crippen molar-refractivity contribution < 1.29 is 0 Å². The molecule has 0 unspecified atom stereocenters. The van der Waals surface area contributed by atoms with Crippen molar-refractivity contribution in [3.8, 4) is 68.0 Å². The van der Waals surface area contributed by atoms with Crippen LogP contribution in [-0.4, -0.2) is 9.97 Å². The summed E-state index contributed by atoms with van der Waals surface area (Å²) < 4.78 is 0. The van der Waals surface area contributed by atoms with Gasteiger partial charge in [0.15, 0.2) is 0 Å².